The first-order chi connectivity index (χ1) is 14.4. The molecule has 1 atom stereocenters. The topological polar surface area (TPSA) is 58.1 Å². The predicted octanol–water partition coefficient (Wildman–Crippen LogP) is 4.60. The molecule has 0 aliphatic rings. The normalized spacial score (nSPS) is 12.0. The van der Waals surface area contributed by atoms with Crippen LogP contribution in [0.25, 0.3) is 0 Å². The summed E-state index contributed by atoms with van der Waals surface area (Å²) in [5.74, 6) is 1.18. The molecule has 0 aliphatic heterocycles. The van der Waals surface area contributed by atoms with Gasteiger partial charge in [0.05, 0.1) is 6.54 Å². The molecule has 1 N–H and O–H groups in total. The van der Waals surface area contributed by atoms with E-state index in [9.17, 15) is 4.79 Å². The standard InChI is InChI=1S/C24H30N4OS/c1-17(2)19(4)25-23(29)16-28(15-21-8-6-5-7-9-21)24-26-22(27-30-24)14-20-12-10-18(3)11-13-20/h5-13,17,19H,14-16H2,1-4H3,(H,25,29). The van der Waals surface area contributed by atoms with Crippen molar-refractivity contribution in [3.63, 3.8) is 0 Å². The molecule has 0 fully saturated rings. The number of carbonyl (C=O) groups is 1. The molecule has 1 aromatic heterocycles. The van der Waals surface area contributed by atoms with E-state index in [0.717, 1.165) is 16.5 Å². The first-order valence-corrected chi connectivity index (χ1v) is 11.1. The van der Waals surface area contributed by atoms with Crippen LogP contribution in [0.5, 0.6) is 0 Å². The summed E-state index contributed by atoms with van der Waals surface area (Å²) in [5, 5.41) is 3.86. The predicted molar refractivity (Wildman–Crippen MR) is 124 cm³/mol. The van der Waals surface area contributed by atoms with Gasteiger partial charge in [0, 0.05) is 30.5 Å². The smallest absolute Gasteiger partial charge is 0.239 e. The van der Waals surface area contributed by atoms with Gasteiger partial charge in [0.1, 0.15) is 5.82 Å². The maximum atomic E-state index is 12.7. The molecule has 1 heterocycles. The first-order valence-electron chi connectivity index (χ1n) is 10.4. The van der Waals surface area contributed by atoms with Crippen molar-refractivity contribution in [1.29, 1.82) is 0 Å². The van der Waals surface area contributed by atoms with Crippen molar-refractivity contribution in [2.24, 2.45) is 5.92 Å². The molecule has 0 saturated heterocycles. The molecular weight excluding hydrogens is 392 g/mol. The maximum absolute atomic E-state index is 12.7. The zero-order valence-electron chi connectivity index (χ0n) is 18.1. The van der Waals surface area contributed by atoms with Crippen LogP contribution in [0.4, 0.5) is 5.13 Å². The van der Waals surface area contributed by atoms with Gasteiger partial charge in [-0.3, -0.25) is 4.79 Å². The lowest BCUT2D eigenvalue weighted by Crippen LogP contribution is -2.42. The number of hydrogen-bond donors (Lipinski definition) is 1. The van der Waals surface area contributed by atoms with Crippen LogP contribution in [-0.4, -0.2) is 27.9 Å². The Kier molecular flexibility index (Phi) is 7.57. The average Bonchev–Trinajstić information content (AvgIpc) is 3.18. The van der Waals surface area contributed by atoms with Gasteiger partial charge in [-0.15, -0.1) is 0 Å². The number of nitrogens with one attached hydrogen (secondary N) is 1. The fourth-order valence-corrected chi connectivity index (χ4v) is 3.65. The molecule has 1 amide bonds. The van der Waals surface area contributed by atoms with Gasteiger partial charge in [-0.1, -0.05) is 74.0 Å². The van der Waals surface area contributed by atoms with Gasteiger partial charge in [0.2, 0.25) is 11.0 Å². The number of rotatable bonds is 9. The van der Waals surface area contributed by atoms with Crippen LogP contribution in [0.15, 0.2) is 54.6 Å². The number of amides is 1. The van der Waals surface area contributed by atoms with E-state index in [4.69, 9.17) is 4.98 Å². The summed E-state index contributed by atoms with van der Waals surface area (Å²) < 4.78 is 4.55. The molecule has 0 bridgehead atoms. The lowest BCUT2D eigenvalue weighted by Gasteiger charge is -2.23. The first kappa shape index (κ1) is 22.0. The number of hydrogen-bond acceptors (Lipinski definition) is 5. The Morgan fingerprint density at radius 1 is 1.03 bits per heavy atom. The van der Waals surface area contributed by atoms with Gasteiger partial charge in [-0.2, -0.15) is 4.37 Å². The average molecular weight is 423 g/mol. The van der Waals surface area contributed by atoms with E-state index in [-0.39, 0.29) is 18.5 Å². The van der Waals surface area contributed by atoms with E-state index < -0.39 is 0 Å². The van der Waals surface area contributed by atoms with Gasteiger partial charge < -0.3 is 10.2 Å². The molecule has 1 unspecified atom stereocenters. The number of nitrogens with zero attached hydrogens (tertiary/aromatic N) is 3. The Balaban J connectivity index is 1.75. The third kappa shape index (κ3) is 6.39. The lowest BCUT2D eigenvalue weighted by molar-refractivity contribution is -0.120. The highest BCUT2D eigenvalue weighted by Gasteiger charge is 2.19. The molecule has 3 aromatic rings. The highest BCUT2D eigenvalue weighted by atomic mass is 32.1. The number of carbonyl (C=O) groups excluding carboxylic acids is 1. The molecule has 0 radical (unpaired) electrons. The molecule has 0 aliphatic carbocycles. The van der Waals surface area contributed by atoms with E-state index in [1.165, 1.54) is 22.7 Å². The fraction of sp³-hybridized carbons (Fsp3) is 0.375. The molecule has 3 rings (SSSR count). The summed E-state index contributed by atoms with van der Waals surface area (Å²) in [4.78, 5) is 19.4. The lowest BCUT2D eigenvalue weighted by atomic mass is 10.1. The molecule has 158 valence electrons. The zero-order chi connectivity index (χ0) is 21.5. The van der Waals surface area contributed by atoms with E-state index in [0.29, 0.717) is 18.9 Å². The highest BCUT2D eigenvalue weighted by molar-refractivity contribution is 7.09. The Morgan fingerprint density at radius 2 is 1.73 bits per heavy atom. The minimum Gasteiger partial charge on any atom is -0.352 e. The number of anilines is 1. The van der Waals surface area contributed by atoms with Crippen molar-refractivity contribution in [1.82, 2.24) is 14.7 Å². The van der Waals surface area contributed by atoms with E-state index >= 15 is 0 Å². The Morgan fingerprint density at radius 3 is 2.40 bits per heavy atom. The Hall–Kier alpha value is -2.73. The maximum Gasteiger partial charge on any atom is 0.239 e. The quantitative estimate of drug-likeness (QED) is 0.547. The van der Waals surface area contributed by atoms with Crippen molar-refractivity contribution < 1.29 is 4.79 Å². The molecular formula is C24H30N4OS. The number of benzene rings is 2. The van der Waals surface area contributed by atoms with Crippen molar-refractivity contribution in [3.05, 3.63) is 77.1 Å². The van der Waals surface area contributed by atoms with Gasteiger partial charge >= 0.3 is 0 Å². The minimum atomic E-state index is 0.00224. The second kappa shape index (κ2) is 10.3. The van der Waals surface area contributed by atoms with Gasteiger partial charge in [0.25, 0.3) is 0 Å². The molecule has 30 heavy (non-hydrogen) atoms. The summed E-state index contributed by atoms with van der Waals surface area (Å²) in [6, 6.07) is 18.7. The highest BCUT2D eigenvalue weighted by Crippen LogP contribution is 2.21. The molecule has 0 saturated carbocycles. The molecule has 0 spiro atoms. The Labute approximate surface area is 183 Å². The van der Waals surface area contributed by atoms with Crippen molar-refractivity contribution >= 4 is 22.6 Å². The van der Waals surface area contributed by atoms with Crippen LogP contribution < -0.4 is 10.2 Å². The summed E-state index contributed by atoms with van der Waals surface area (Å²) in [5.41, 5.74) is 3.56. The van der Waals surface area contributed by atoms with Crippen LogP contribution in [-0.2, 0) is 17.8 Å². The zero-order valence-corrected chi connectivity index (χ0v) is 18.9. The molecule has 6 heteroatoms. The molecule has 5 nitrogen and oxygen atoms in total. The van der Waals surface area contributed by atoms with E-state index in [2.05, 4.69) is 66.9 Å². The fourth-order valence-electron chi connectivity index (χ4n) is 2.97. The third-order valence-corrected chi connectivity index (χ3v) is 5.96. The van der Waals surface area contributed by atoms with Gasteiger partial charge in [-0.05, 0) is 30.9 Å². The van der Waals surface area contributed by atoms with Crippen LogP contribution >= 0.6 is 11.5 Å². The van der Waals surface area contributed by atoms with E-state index in [1.54, 1.807) is 0 Å². The summed E-state index contributed by atoms with van der Waals surface area (Å²) in [7, 11) is 0. The minimum absolute atomic E-state index is 0.00224. The van der Waals surface area contributed by atoms with Crippen molar-refractivity contribution in [2.45, 2.75) is 46.7 Å². The summed E-state index contributed by atoms with van der Waals surface area (Å²) in [6.07, 6.45) is 0.687. The van der Waals surface area contributed by atoms with Crippen LogP contribution in [0.3, 0.4) is 0 Å². The van der Waals surface area contributed by atoms with Gasteiger partial charge in [-0.25, -0.2) is 4.98 Å². The second-order valence-corrected chi connectivity index (χ2v) is 8.83. The van der Waals surface area contributed by atoms with Gasteiger partial charge in [0.15, 0.2) is 0 Å². The summed E-state index contributed by atoms with van der Waals surface area (Å²) >= 11 is 1.35. The molecule has 2 aromatic carbocycles. The van der Waals surface area contributed by atoms with Crippen LogP contribution in [0.2, 0.25) is 0 Å². The van der Waals surface area contributed by atoms with Crippen molar-refractivity contribution in [2.75, 3.05) is 11.4 Å². The SMILES string of the molecule is Cc1ccc(Cc2nsc(N(CC(=O)NC(C)C(C)C)Cc3ccccc3)n2)cc1. The second-order valence-electron chi connectivity index (χ2n) is 8.10. The van der Waals surface area contributed by atoms with Crippen LogP contribution in [0, 0.1) is 12.8 Å². The number of aromatic nitrogens is 2. The van der Waals surface area contributed by atoms with E-state index in [1.807, 2.05) is 30.0 Å². The third-order valence-electron chi connectivity index (χ3n) is 5.15. The van der Waals surface area contributed by atoms with Crippen LogP contribution in [0.1, 0.15) is 43.3 Å². The summed E-state index contributed by atoms with van der Waals surface area (Å²) in [6.45, 7) is 9.20. The monoisotopic (exact) mass is 422 g/mol. The Bertz CT molecular complexity index is 937. The largest absolute Gasteiger partial charge is 0.352 e. The van der Waals surface area contributed by atoms with Crippen molar-refractivity contribution in [3.8, 4) is 0 Å². The number of aryl methyl sites for hydroxylation is 1.